The summed E-state index contributed by atoms with van der Waals surface area (Å²) in [6.07, 6.45) is 0. The molecule has 0 aliphatic rings. The number of rotatable bonds is 9. The van der Waals surface area contributed by atoms with Crippen molar-refractivity contribution in [2.24, 2.45) is 0 Å². The molecule has 1 heterocycles. The number of para-hydroxylation sites is 1. The van der Waals surface area contributed by atoms with Crippen molar-refractivity contribution in [2.45, 2.75) is 13.1 Å². The van der Waals surface area contributed by atoms with Gasteiger partial charge in [-0.25, -0.2) is 0 Å². The van der Waals surface area contributed by atoms with Crippen molar-refractivity contribution in [3.05, 3.63) is 75.4 Å². The summed E-state index contributed by atoms with van der Waals surface area (Å²) in [5.74, 6) is 1.63. The lowest BCUT2D eigenvalue weighted by atomic mass is 10.2. The number of hydrogen-bond acceptors (Lipinski definition) is 5. The van der Waals surface area contributed by atoms with Crippen LogP contribution in [0.4, 0.5) is 0 Å². The fourth-order valence-corrected chi connectivity index (χ4v) is 3.72. The van der Waals surface area contributed by atoms with E-state index in [1.807, 2.05) is 47.8 Å². The van der Waals surface area contributed by atoms with Crippen molar-refractivity contribution in [1.82, 2.24) is 4.90 Å². The van der Waals surface area contributed by atoms with E-state index in [4.69, 9.17) is 25.8 Å². The van der Waals surface area contributed by atoms with E-state index >= 15 is 0 Å². The van der Waals surface area contributed by atoms with E-state index in [0.717, 1.165) is 10.4 Å². The Balaban J connectivity index is 1.75. The highest BCUT2D eigenvalue weighted by atomic mass is 35.5. The highest BCUT2D eigenvalue weighted by Crippen LogP contribution is 2.28. The van der Waals surface area contributed by atoms with Crippen LogP contribution in [0, 0.1) is 0 Å². The van der Waals surface area contributed by atoms with E-state index in [-0.39, 0.29) is 12.5 Å². The predicted molar refractivity (Wildman–Crippen MR) is 115 cm³/mol. The molecule has 1 amide bonds. The van der Waals surface area contributed by atoms with Crippen molar-refractivity contribution < 1.29 is 19.0 Å². The molecule has 0 aliphatic heterocycles. The molecule has 0 unspecified atom stereocenters. The highest BCUT2D eigenvalue weighted by molar-refractivity contribution is 7.09. The third-order valence-corrected chi connectivity index (χ3v) is 5.46. The number of nitrogens with zero attached hydrogens (tertiary/aromatic N) is 1. The minimum atomic E-state index is -0.131. The first-order chi connectivity index (χ1) is 14.1. The van der Waals surface area contributed by atoms with Gasteiger partial charge in [0.25, 0.3) is 5.91 Å². The molecular weight excluding hydrogens is 410 g/mol. The number of ether oxygens (including phenoxy) is 3. The summed E-state index contributed by atoms with van der Waals surface area (Å²) in [6, 6.07) is 16.7. The molecule has 0 bridgehead atoms. The monoisotopic (exact) mass is 431 g/mol. The maximum absolute atomic E-state index is 12.9. The summed E-state index contributed by atoms with van der Waals surface area (Å²) in [4.78, 5) is 15.8. The lowest BCUT2D eigenvalue weighted by Gasteiger charge is -2.23. The molecular formula is C22H22ClNO4S. The van der Waals surface area contributed by atoms with Gasteiger partial charge in [0.15, 0.2) is 18.1 Å². The fraction of sp³-hybridized carbons (Fsp3) is 0.227. The summed E-state index contributed by atoms with van der Waals surface area (Å²) in [5.41, 5.74) is 0.935. The van der Waals surface area contributed by atoms with E-state index in [1.54, 1.807) is 42.6 Å². The second-order valence-electron chi connectivity index (χ2n) is 6.24. The molecule has 0 saturated carbocycles. The summed E-state index contributed by atoms with van der Waals surface area (Å²) >= 11 is 7.73. The Morgan fingerprint density at radius 2 is 1.76 bits per heavy atom. The highest BCUT2D eigenvalue weighted by Gasteiger charge is 2.18. The van der Waals surface area contributed by atoms with E-state index in [1.165, 1.54) is 0 Å². The molecule has 0 radical (unpaired) electrons. The van der Waals surface area contributed by atoms with Gasteiger partial charge in [0.2, 0.25) is 0 Å². The van der Waals surface area contributed by atoms with Crippen LogP contribution in [-0.2, 0) is 17.9 Å². The van der Waals surface area contributed by atoms with Gasteiger partial charge in [-0.15, -0.1) is 11.3 Å². The molecule has 152 valence electrons. The Kier molecular flexibility index (Phi) is 7.38. The zero-order valence-corrected chi connectivity index (χ0v) is 17.8. The Hall–Kier alpha value is -2.70. The second-order valence-corrected chi connectivity index (χ2v) is 7.68. The predicted octanol–water partition coefficient (Wildman–Crippen LogP) is 5.03. The molecule has 1 aromatic heterocycles. The largest absolute Gasteiger partial charge is 0.493 e. The minimum Gasteiger partial charge on any atom is -0.493 e. The number of carbonyl (C=O) groups is 1. The van der Waals surface area contributed by atoms with Gasteiger partial charge in [-0.1, -0.05) is 35.9 Å². The minimum absolute atomic E-state index is 0.0948. The zero-order valence-electron chi connectivity index (χ0n) is 16.3. The molecule has 2 aromatic carbocycles. The van der Waals surface area contributed by atoms with Crippen LogP contribution in [0.3, 0.4) is 0 Å². The Bertz CT molecular complexity index is 946. The van der Waals surface area contributed by atoms with Crippen molar-refractivity contribution in [3.8, 4) is 17.2 Å². The van der Waals surface area contributed by atoms with Crippen LogP contribution in [-0.4, -0.2) is 31.6 Å². The average Bonchev–Trinajstić information content (AvgIpc) is 3.25. The number of hydrogen-bond donors (Lipinski definition) is 0. The first-order valence-electron chi connectivity index (χ1n) is 8.99. The first kappa shape index (κ1) is 21.0. The Morgan fingerprint density at radius 1 is 0.966 bits per heavy atom. The molecule has 3 rings (SSSR count). The SMILES string of the molecule is COc1ccc(CN(Cc2cccs2)C(=O)COc2ccccc2Cl)cc1OC. The zero-order chi connectivity index (χ0) is 20.6. The van der Waals surface area contributed by atoms with E-state index in [9.17, 15) is 4.79 Å². The van der Waals surface area contributed by atoms with E-state index in [0.29, 0.717) is 35.4 Å². The summed E-state index contributed by atoms with van der Waals surface area (Å²) in [5, 5.41) is 2.47. The molecule has 3 aromatic rings. The van der Waals surface area contributed by atoms with Crippen LogP contribution in [0.5, 0.6) is 17.2 Å². The van der Waals surface area contributed by atoms with Gasteiger partial charge in [0.1, 0.15) is 5.75 Å². The number of halogens is 1. The molecule has 0 aliphatic carbocycles. The van der Waals surface area contributed by atoms with E-state index in [2.05, 4.69) is 0 Å². The number of thiophene rings is 1. The summed E-state index contributed by atoms with van der Waals surface area (Å²) in [6.45, 7) is 0.822. The van der Waals surface area contributed by atoms with Crippen LogP contribution in [0.25, 0.3) is 0 Å². The summed E-state index contributed by atoms with van der Waals surface area (Å²) in [7, 11) is 3.18. The topological polar surface area (TPSA) is 48.0 Å². The number of benzene rings is 2. The third-order valence-electron chi connectivity index (χ3n) is 4.29. The smallest absolute Gasteiger partial charge is 0.261 e. The van der Waals surface area contributed by atoms with Crippen molar-refractivity contribution in [1.29, 1.82) is 0 Å². The van der Waals surface area contributed by atoms with Gasteiger partial charge in [-0.3, -0.25) is 4.79 Å². The summed E-state index contributed by atoms with van der Waals surface area (Å²) < 4.78 is 16.3. The quantitative estimate of drug-likeness (QED) is 0.477. The molecule has 7 heteroatoms. The second kappa shape index (κ2) is 10.2. The van der Waals surface area contributed by atoms with Gasteiger partial charge < -0.3 is 19.1 Å². The average molecular weight is 432 g/mol. The lowest BCUT2D eigenvalue weighted by molar-refractivity contribution is -0.134. The van der Waals surface area contributed by atoms with Crippen LogP contribution in [0.1, 0.15) is 10.4 Å². The maximum Gasteiger partial charge on any atom is 0.261 e. The molecule has 29 heavy (non-hydrogen) atoms. The van der Waals surface area contributed by atoms with Crippen molar-refractivity contribution in [3.63, 3.8) is 0 Å². The number of amides is 1. The molecule has 0 fully saturated rings. The number of methoxy groups -OCH3 is 2. The standard InChI is InChI=1S/C22H22ClNO4S/c1-26-20-10-9-16(12-21(20)27-2)13-24(14-17-6-5-11-29-17)22(25)15-28-19-8-4-3-7-18(19)23/h3-12H,13-15H2,1-2H3. The van der Waals surface area contributed by atoms with Gasteiger partial charge >= 0.3 is 0 Å². The van der Waals surface area contributed by atoms with Crippen LogP contribution < -0.4 is 14.2 Å². The van der Waals surface area contributed by atoms with Crippen molar-refractivity contribution >= 4 is 28.8 Å². The van der Waals surface area contributed by atoms with E-state index < -0.39 is 0 Å². The Labute approximate surface area is 179 Å². The van der Waals surface area contributed by atoms with Crippen LogP contribution in [0.2, 0.25) is 5.02 Å². The molecule has 0 atom stereocenters. The normalized spacial score (nSPS) is 10.4. The number of carbonyl (C=O) groups excluding carboxylic acids is 1. The molecule has 0 N–H and O–H groups in total. The lowest BCUT2D eigenvalue weighted by Crippen LogP contribution is -2.33. The van der Waals surface area contributed by atoms with Gasteiger partial charge in [0.05, 0.1) is 25.8 Å². The molecule has 5 nitrogen and oxygen atoms in total. The maximum atomic E-state index is 12.9. The fourth-order valence-electron chi connectivity index (χ4n) is 2.81. The van der Waals surface area contributed by atoms with Gasteiger partial charge in [-0.2, -0.15) is 0 Å². The van der Waals surface area contributed by atoms with Crippen molar-refractivity contribution in [2.75, 3.05) is 20.8 Å². The van der Waals surface area contributed by atoms with Gasteiger partial charge in [0, 0.05) is 11.4 Å². The van der Waals surface area contributed by atoms with Crippen LogP contribution in [0.15, 0.2) is 60.0 Å². The molecule has 0 saturated heterocycles. The van der Waals surface area contributed by atoms with Crippen LogP contribution >= 0.6 is 22.9 Å². The third kappa shape index (κ3) is 5.65. The first-order valence-corrected chi connectivity index (χ1v) is 10.2. The Morgan fingerprint density at radius 3 is 2.45 bits per heavy atom. The molecule has 0 spiro atoms. The van der Waals surface area contributed by atoms with Gasteiger partial charge in [-0.05, 0) is 41.3 Å².